The minimum atomic E-state index is -0.877. The third-order valence-electron chi connectivity index (χ3n) is 6.68. The maximum Gasteiger partial charge on any atom is 0.255 e. The second kappa shape index (κ2) is 10.8. The molecule has 8 heteroatoms. The molecule has 3 N–H and O–H groups in total. The molecule has 190 valence electrons. The second-order valence-electron chi connectivity index (χ2n) is 9.08. The van der Waals surface area contributed by atoms with Crippen LogP contribution >= 0.6 is 0 Å². The molecule has 0 aromatic heterocycles. The molecule has 0 aliphatic carbocycles. The molecule has 0 fully saturated rings. The first-order valence-electron chi connectivity index (χ1n) is 12.3. The summed E-state index contributed by atoms with van der Waals surface area (Å²) in [6.07, 6.45) is 2.98. The molecular weight excluding hydrogens is 471 g/mol. The number of hydrogen-bond acceptors (Lipinski definition) is 5. The van der Waals surface area contributed by atoms with Gasteiger partial charge in [-0.25, -0.2) is 4.39 Å². The molecule has 2 aliphatic rings. The smallest absolute Gasteiger partial charge is 0.255 e. The quantitative estimate of drug-likeness (QED) is 0.477. The number of halogens is 1. The highest BCUT2D eigenvalue weighted by Crippen LogP contribution is 2.32. The molecule has 0 spiro atoms. The van der Waals surface area contributed by atoms with Gasteiger partial charge < -0.3 is 25.6 Å². The van der Waals surface area contributed by atoms with Crippen molar-refractivity contribution in [2.75, 3.05) is 37.0 Å². The molecule has 5 rings (SSSR count). The summed E-state index contributed by atoms with van der Waals surface area (Å²) < 4.78 is 19.7. The van der Waals surface area contributed by atoms with Gasteiger partial charge in [0, 0.05) is 13.1 Å². The van der Waals surface area contributed by atoms with Crippen LogP contribution in [0.15, 0.2) is 72.8 Å². The van der Waals surface area contributed by atoms with E-state index in [1.54, 1.807) is 12.1 Å². The van der Waals surface area contributed by atoms with E-state index in [1.807, 2.05) is 42.5 Å². The Hall–Kier alpha value is -4.17. The first kappa shape index (κ1) is 24.5. The Morgan fingerprint density at radius 2 is 1.97 bits per heavy atom. The van der Waals surface area contributed by atoms with Gasteiger partial charge in [0.1, 0.15) is 17.6 Å². The summed E-state index contributed by atoms with van der Waals surface area (Å²) in [7, 11) is 1.51. The molecule has 0 bridgehead atoms. The minimum Gasteiger partial charge on any atom is -0.496 e. The molecular formula is C29H29FN4O3. The van der Waals surface area contributed by atoms with Gasteiger partial charge in [-0.05, 0) is 60.0 Å². The topological polar surface area (TPSA) is 82.7 Å². The molecule has 3 aromatic carbocycles. The summed E-state index contributed by atoms with van der Waals surface area (Å²) >= 11 is 0. The number of nitrogens with one attached hydrogen (secondary N) is 3. The lowest BCUT2D eigenvalue weighted by Gasteiger charge is -2.26. The summed E-state index contributed by atoms with van der Waals surface area (Å²) in [6, 6.07) is 18.4. The average Bonchev–Trinajstić information content (AvgIpc) is 3.06. The highest BCUT2D eigenvalue weighted by Gasteiger charge is 2.32. The molecule has 2 heterocycles. The number of anilines is 2. The van der Waals surface area contributed by atoms with Crippen LogP contribution in [0.1, 0.15) is 27.9 Å². The van der Waals surface area contributed by atoms with Gasteiger partial charge in [0.2, 0.25) is 0 Å². The fourth-order valence-corrected chi connectivity index (χ4v) is 4.73. The average molecular weight is 501 g/mol. The molecule has 0 unspecified atom stereocenters. The highest BCUT2D eigenvalue weighted by molar-refractivity contribution is 6.06. The molecule has 0 saturated carbocycles. The van der Waals surface area contributed by atoms with Crippen LogP contribution in [-0.4, -0.2) is 44.6 Å². The Balaban J connectivity index is 1.44. The lowest BCUT2D eigenvalue weighted by Crippen LogP contribution is -2.50. The largest absolute Gasteiger partial charge is 0.496 e. The summed E-state index contributed by atoms with van der Waals surface area (Å²) in [5.74, 6) is -0.755. The predicted molar refractivity (Wildman–Crippen MR) is 142 cm³/mol. The molecule has 0 radical (unpaired) electrons. The van der Waals surface area contributed by atoms with E-state index in [-0.39, 0.29) is 19.0 Å². The molecule has 1 atom stereocenters. The summed E-state index contributed by atoms with van der Waals surface area (Å²) in [5, 5.41) is 9.39. The van der Waals surface area contributed by atoms with E-state index in [0.717, 1.165) is 36.2 Å². The van der Waals surface area contributed by atoms with E-state index in [0.29, 0.717) is 22.7 Å². The van der Waals surface area contributed by atoms with E-state index < -0.39 is 17.8 Å². The highest BCUT2D eigenvalue weighted by atomic mass is 19.1. The van der Waals surface area contributed by atoms with Gasteiger partial charge >= 0.3 is 0 Å². The van der Waals surface area contributed by atoms with E-state index in [9.17, 15) is 14.0 Å². The predicted octanol–water partition coefficient (Wildman–Crippen LogP) is 3.97. The Morgan fingerprint density at radius 3 is 2.73 bits per heavy atom. The van der Waals surface area contributed by atoms with Crippen molar-refractivity contribution in [3.05, 3.63) is 95.3 Å². The minimum absolute atomic E-state index is 0.160. The van der Waals surface area contributed by atoms with Crippen molar-refractivity contribution in [3.63, 3.8) is 0 Å². The van der Waals surface area contributed by atoms with Crippen LogP contribution in [0.3, 0.4) is 0 Å². The third-order valence-corrected chi connectivity index (χ3v) is 6.68. The molecule has 3 aromatic rings. The molecule has 2 amide bonds. The molecule has 37 heavy (non-hydrogen) atoms. The van der Waals surface area contributed by atoms with Gasteiger partial charge in [-0.2, -0.15) is 0 Å². The van der Waals surface area contributed by atoms with E-state index in [2.05, 4.69) is 22.0 Å². The fourth-order valence-electron chi connectivity index (χ4n) is 4.73. The zero-order chi connectivity index (χ0) is 25.8. The van der Waals surface area contributed by atoms with Gasteiger partial charge in [0.15, 0.2) is 0 Å². The van der Waals surface area contributed by atoms with Crippen LogP contribution in [0.2, 0.25) is 0 Å². The van der Waals surface area contributed by atoms with Crippen molar-refractivity contribution in [2.24, 2.45) is 0 Å². The Labute approximate surface area is 215 Å². The van der Waals surface area contributed by atoms with Crippen molar-refractivity contribution in [2.45, 2.75) is 19.0 Å². The summed E-state index contributed by atoms with van der Waals surface area (Å²) in [5.41, 5.74) is 4.42. The number of hydrogen-bond donors (Lipinski definition) is 3. The van der Waals surface area contributed by atoms with E-state index in [1.165, 1.54) is 24.1 Å². The number of carbonyl (C=O) groups is 2. The first-order valence-corrected chi connectivity index (χ1v) is 12.3. The van der Waals surface area contributed by atoms with Gasteiger partial charge in [-0.15, -0.1) is 0 Å². The van der Waals surface area contributed by atoms with Crippen molar-refractivity contribution in [1.29, 1.82) is 0 Å². The third kappa shape index (κ3) is 5.34. The van der Waals surface area contributed by atoms with Gasteiger partial charge in [0.25, 0.3) is 11.8 Å². The van der Waals surface area contributed by atoms with E-state index >= 15 is 0 Å². The van der Waals surface area contributed by atoms with E-state index in [4.69, 9.17) is 4.74 Å². The lowest BCUT2D eigenvalue weighted by molar-refractivity contribution is -0.120. The Kier molecular flexibility index (Phi) is 7.18. The number of carbonyl (C=O) groups excluding carboxylic acids is 2. The number of ether oxygens (including phenoxy) is 1. The number of benzene rings is 3. The van der Waals surface area contributed by atoms with Crippen LogP contribution in [-0.2, 0) is 11.3 Å². The van der Waals surface area contributed by atoms with Crippen molar-refractivity contribution in [3.8, 4) is 5.75 Å². The van der Waals surface area contributed by atoms with Gasteiger partial charge in [-0.1, -0.05) is 42.5 Å². The SMILES string of the molecule is COc1ccc(C2=CCNCC2)cc1C(=O)N[C@H]1CNc2ccc(F)cc2N(Cc2ccccc2)C1=O. The number of nitrogens with zero attached hydrogens (tertiary/aromatic N) is 1. The Morgan fingerprint density at radius 1 is 1.14 bits per heavy atom. The van der Waals surface area contributed by atoms with Crippen LogP contribution in [0, 0.1) is 5.82 Å². The monoisotopic (exact) mass is 500 g/mol. The van der Waals surface area contributed by atoms with Crippen molar-refractivity contribution in [1.82, 2.24) is 10.6 Å². The molecule has 2 aliphatic heterocycles. The summed E-state index contributed by atoms with van der Waals surface area (Å²) in [4.78, 5) is 28.8. The maximum atomic E-state index is 14.2. The molecule has 7 nitrogen and oxygen atoms in total. The normalized spacial score (nSPS) is 17.2. The van der Waals surface area contributed by atoms with Crippen LogP contribution < -0.4 is 25.6 Å². The summed E-state index contributed by atoms with van der Waals surface area (Å²) in [6.45, 7) is 2.06. The second-order valence-corrected chi connectivity index (χ2v) is 9.08. The van der Waals surface area contributed by atoms with Crippen molar-refractivity contribution >= 4 is 28.8 Å². The molecule has 0 saturated heterocycles. The standard InChI is InChI=1S/C29H29FN4O3/c1-37-27-10-7-21(20-11-13-31-14-12-20)15-23(27)28(35)33-25-17-32-24-9-8-22(30)16-26(24)34(29(25)36)18-19-5-3-2-4-6-19/h2-11,15-16,25,31-32H,12-14,17-18H2,1H3,(H,33,35)/t25-/m0/s1. The number of methoxy groups -OCH3 is 1. The first-order chi connectivity index (χ1) is 18.0. The number of rotatable bonds is 6. The van der Waals surface area contributed by atoms with Gasteiger partial charge in [0.05, 0.1) is 30.6 Å². The van der Waals surface area contributed by atoms with Crippen LogP contribution in [0.25, 0.3) is 5.57 Å². The zero-order valence-corrected chi connectivity index (χ0v) is 20.6. The Bertz CT molecular complexity index is 1340. The van der Waals surface area contributed by atoms with Crippen LogP contribution in [0.4, 0.5) is 15.8 Å². The maximum absolute atomic E-state index is 14.2. The fraction of sp³-hybridized carbons (Fsp3) is 0.241. The lowest BCUT2D eigenvalue weighted by atomic mass is 9.97. The van der Waals surface area contributed by atoms with Crippen molar-refractivity contribution < 1.29 is 18.7 Å². The zero-order valence-electron chi connectivity index (χ0n) is 20.6. The van der Waals surface area contributed by atoms with Gasteiger partial charge in [-0.3, -0.25) is 9.59 Å². The number of fused-ring (bicyclic) bond motifs is 1. The van der Waals surface area contributed by atoms with Crippen LogP contribution in [0.5, 0.6) is 5.75 Å². The number of amides is 2.